The summed E-state index contributed by atoms with van der Waals surface area (Å²) < 4.78 is 46.4. The summed E-state index contributed by atoms with van der Waals surface area (Å²) in [5.74, 6) is 0.373. The lowest BCUT2D eigenvalue weighted by molar-refractivity contribution is -0.137. The van der Waals surface area contributed by atoms with Gasteiger partial charge in [0.25, 0.3) is 5.91 Å². The van der Waals surface area contributed by atoms with Crippen LogP contribution in [0.1, 0.15) is 53.7 Å². The quantitative estimate of drug-likeness (QED) is 0.492. The largest absolute Gasteiger partial charge is 0.493 e. The van der Waals surface area contributed by atoms with Crippen LogP contribution in [0.4, 0.5) is 13.2 Å². The molecule has 34 heavy (non-hydrogen) atoms. The summed E-state index contributed by atoms with van der Waals surface area (Å²) in [5, 5.41) is 12.7. The number of benzene rings is 1. The molecule has 0 spiro atoms. The number of nitrogens with one attached hydrogen (secondary N) is 2. The van der Waals surface area contributed by atoms with Crippen molar-refractivity contribution in [1.82, 2.24) is 20.3 Å². The minimum Gasteiger partial charge on any atom is -0.493 e. The van der Waals surface area contributed by atoms with Gasteiger partial charge in [0.1, 0.15) is 23.3 Å². The Kier molecular flexibility index (Phi) is 5.71. The number of aromatic amines is 1. The van der Waals surface area contributed by atoms with Gasteiger partial charge in [-0.2, -0.15) is 13.2 Å². The molecule has 3 N–H and O–H groups in total. The molecule has 5 rings (SSSR count). The molecule has 0 unspecified atom stereocenters. The molecular formula is C24H25F3N4O3. The molecule has 2 fully saturated rings. The van der Waals surface area contributed by atoms with Gasteiger partial charge in [0.15, 0.2) is 0 Å². The van der Waals surface area contributed by atoms with E-state index in [4.69, 9.17) is 4.74 Å². The van der Waals surface area contributed by atoms with Crippen molar-refractivity contribution in [1.29, 1.82) is 0 Å². The first kappa shape index (κ1) is 22.6. The van der Waals surface area contributed by atoms with Gasteiger partial charge in [-0.15, -0.1) is 0 Å². The smallest absolute Gasteiger partial charge is 0.416 e. The number of aliphatic hydroxyl groups excluding tert-OH is 1. The molecule has 10 heteroatoms. The highest BCUT2D eigenvalue weighted by Crippen LogP contribution is 2.40. The zero-order chi connectivity index (χ0) is 24.0. The van der Waals surface area contributed by atoms with Gasteiger partial charge in [-0.1, -0.05) is 0 Å². The number of nitrogens with zero attached hydrogens (tertiary/aromatic N) is 2. The lowest BCUT2D eigenvalue weighted by Gasteiger charge is -2.15. The van der Waals surface area contributed by atoms with E-state index >= 15 is 0 Å². The van der Waals surface area contributed by atoms with Crippen LogP contribution >= 0.6 is 0 Å². The van der Waals surface area contributed by atoms with Gasteiger partial charge in [0.2, 0.25) is 0 Å². The lowest BCUT2D eigenvalue weighted by Crippen LogP contribution is -2.33. The van der Waals surface area contributed by atoms with E-state index in [2.05, 4.69) is 20.3 Å². The molecule has 3 aromatic rings. The average Bonchev–Trinajstić information content (AvgIpc) is 3.43. The summed E-state index contributed by atoms with van der Waals surface area (Å²) in [6.07, 6.45) is 0.159. The fraction of sp³-hybridized carbons (Fsp3) is 0.458. The Bertz CT molecular complexity index is 1240. The molecule has 0 bridgehead atoms. The van der Waals surface area contributed by atoms with Crippen LogP contribution in [0.25, 0.3) is 22.3 Å². The Morgan fingerprint density at radius 2 is 2.03 bits per heavy atom. The van der Waals surface area contributed by atoms with Crippen molar-refractivity contribution in [2.75, 3.05) is 6.61 Å². The first-order valence-electron chi connectivity index (χ1n) is 11.4. The number of fused-ring (bicyclic) bond motifs is 1. The maximum atomic E-state index is 13.5. The molecule has 2 aromatic heterocycles. The number of carbonyl (C=O) groups excluding carboxylic acids is 1. The molecule has 0 aliphatic heterocycles. The first-order chi connectivity index (χ1) is 16.2. The number of carbonyl (C=O) groups is 1. The number of aryl methyl sites for hydroxylation is 1. The van der Waals surface area contributed by atoms with Gasteiger partial charge in [-0.05, 0) is 63.1 Å². The van der Waals surface area contributed by atoms with Crippen molar-refractivity contribution >= 4 is 16.9 Å². The SMILES string of the molecule is Cc1[nH]c2c(-c3cc(C(F)(F)F)ccc3OCC3CC3)ncnc2c1C(=O)N[C@@H]1CC[C@H](O)C1. The van der Waals surface area contributed by atoms with Crippen LogP contribution in [-0.4, -0.2) is 44.7 Å². The number of halogens is 3. The Labute approximate surface area is 193 Å². The second-order valence-electron chi connectivity index (χ2n) is 9.17. The Balaban J connectivity index is 1.56. The standard InChI is InChI=1S/C24H25F3N4O3/c1-12-19(23(33)31-15-5-6-16(32)9-15)21-22(30-12)20(28-11-29-21)17-8-14(24(25,26)27)4-7-18(17)34-10-13-2-3-13/h4,7-8,11,13,15-16,30,32H,2-3,5-6,9-10H2,1H3,(H,31,33)/t15-,16+/m1/s1. The molecule has 2 aliphatic rings. The van der Waals surface area contributed by atoms with Crippen molar-refractivity contribution in [2.24, 2.45) is 5.92 Å². The van der Waals surface area contributed by atoms with Gasteiger partial charge < -0.3 is 20.1 Å². The van der Waals surface area contributed by atoms with Crippen molar-refractivity contribution in [3.05, 3.63) is 41.3 Å². The van der Waals surface area contributed by atoms with Crippen LogP contribution in [0.2, 0.25) is 0 Å². The van der Waals surface area contributed by atoms with Crippen LogP contribution in [0.5, 0.6) is 5.75 Å². The van der Waals surface area contributed by atoms with Crippen molar-refractivity contribution < 1.29 is 27.8 Å². The molecule has 0 radical (unpaired) electrons. The Morgan fingerprint density at radius 3 is 2.71 bits per heavy atom. The van der Waals surface area contributed by atoms with Crippen molar-refractivity contribution in [3.63, 3.8) is 0 Å². The number of amides is 1. The van der Waals surface area contributed by atoms with Crippen LogP contribution < -0.4 is 10.1 Å². The third-order valence-electron chi connectivity index (χ3n) is 6.47. The van der Waals surface area contributed by atoms with Crippen LogP contribution in [0, 0.1) is 12.8 Å². The average molecular weight is 474 g/mol. The fourth-order valence-corrected chi connectivity index (χ4v) is 4.46. The number of H-pyrrole nitrogens is 1. The Morgan fingerprint density at radius 1 is 1.24 bits per heavy atom. The third-order valence-corrected chi connectivity index (χ3v) is 6.47. The highest BCUT2D eigenvalue weighted by molar-refractivity contribution is 6.09. The number of hydrogen-bond donors (Lipinski definition) is 3. The van der Waals surface area contributed by atoms with E-state index in [-0.39, 0.29) is 23.2 Å². The summed E-state index contributed by atoms with van der Waals surface area (Å²) in [6.45, 7) is 2.14. The van der Waals surface area contributed by atoms with E-state index in [0.29, 0.717) is 59.8 Å². The van der Waals surface area contributed by atoms with Crippen molar-refractivity contribution in [2.45, 2.75) is 57.3 Å². The fourth-order valence-electron chi connectivity index (χ4n) is 4.46. The van der Waals surface area contributed by atoms with Gasteiger partial charge in [0.05, 0.1) is 29.4 Å². The molecular weight excluding hydrogens is 449 g/mol. The number of aromatic nitrogens is 3. The van der Waals surface area contributed by atoms with E-state index in [9.17, 15) is 23.1 Å². The first-order valence-corrected chi connectivity index (χ1v) is 11.4. The van der Waals surface area contributed by atoms with Gasteiger partial charge in [-0.3, -0.25) is 4.79 Å². The predicted octanol–water partition coefficient (Wildman–Crippen LogP) is 4.38. The summed E-state index contributed by atoms with van der Waals surface area (Å²) in [6, 6.07) is 3.21. The van der Waals surface area contributed by atoms with Crippen LogP contribution in [-0.2, 0) is 6.18 Å². The number of hydrogen-bond acceptors (Lipinski definition) is 5. The number of aliphatic hydroxyl groups is 1. The van der Waals surface area contributed by atoms with E-state index in [1.54, 1.807) is 6.92 Å². The summed E-state index contributed by atoms with van der Waals surface area (Å²) in [5.41, 5.74) is 1.15. The number of rotatable bonds is 6. The van der Waals surface area contributed by atoms with E-state index in [0.717, 1.165) is 25.0 Å². The summed E-state index contributed by atoms with van der Waals surface area (Å²) in [4.78, 5) is 24.7. The van der Waals surface area contributed by atoms with Crippen molar-refractivity contribution in [3.8, 4) is 17.0 Å². The molecule has 180 valence electrons. The lowest BCUT2D eigenvalue weighted by atomic mass is 10.0. The second-order valence-corrected chi connectivity index (χ2v) is 9.17. The maximum absolute atomic E-state index is 13.5. The van der Waals surface area contributed by atoms with E-state index in [1.807, 2.05) is 0 Å². The van der Waals surface area contributed by atoms with Gasteiger partial charge in [0, 0.05) is 17.3 Å². The Hall–Kier alpha value is -3.14. The summed E-state index contributed by atoms with van der Waals surface area (Å²) >= 11 is 0. The zero-order valence-electron chi connectivity index (χ0n) is 18.6. The number of alkyl halides is 3. The van der Waals surface area contributed by atoms with Crippen LogP contribution in [0.3, 0.4) is 0 Å². The molecule has 2 aliphatic carbocycles. The molecule has 2 heterocycles. The molecule has 1 amide bonds. The second kappa shape index (κ2) is 8.57. The monoisotopic (exact) mass is 474 g/mol. The minimum atomic E-state index is -4.53. The molecule has 7 nitrogen and oxygen atoms in total. The zero-order valence-corrected chi connectivity index (χ0v) is 18.6. The number of ether oxygens (including phenoxy) is 1. The molecule has 1 aromatic carbocycles. The van der Waals surface area contributed by atoms with Gasteiger partial charge >= 0.3 is 6.18 Å². The van der Waals surface area contributed by atoms with E-state index < -0.39 is 17.8 Å². The molecule has 2 saturated carbocycles. The topological polar surface area (TPSA) is 100 Å². The molecule has 2 atom stereocenters. The highest BCUT2D eigenvalue weighted by Gasteiger charge is 2.33. The maximum Gasteiger partial charge on any atom is 0.416 e. The normalized spacial score (nSPS) is 20.6. The third kappa shape index (κ3) is 4.46. The minimum absolute atomic E-state index is 0.140. The van der Waals surface area contributed by atoms with E-state index in [1.165, 1.54) is 12.4 Å². The van der Waals surface area contributed by atoms with Gasteiger partial charge in [-0.25, -0.2) is 9.97 Å². The predicted molar refractivity (Wildman–Crippen MR) is 118 cm³/mol. The highest BCUT2D eigenvalue weighted by atomic mass is 19.4. The van der Waals surface area contributed by atoms with Crippen LogP contribution in [0.15, 0.2) is 24.5 Å². The summed E-state index contributed by atoms with van der Waals surface area (Å²) in [7, 11) is 0. The molecule has 0 saturated heterocycles.